The normalized spacial score (nSPS) is 11.7. The summed E-state index contributed by atoms with van der Waals surface area (Å²) in [5.41, 5.74) is 1.45. The molecule has 0 spiro atoms. The first-order valence-corrected chi connectivity index (χ1v) is 10.7. The highest BCUT2D eigenvalue weighted by Gasteiger charge is 2.24. The van der Waals surface area contributed by atoms with Gasteiger partial charge in [0.1, 0.15) is 6.04 Å². The number of thioether (sulfide) groups is 1. The highest BCUT2D eigenvalue weighted by Crippen LogP contribution is 2.16. The third kappa shape index (κ3) is 6.52. The van der Waals surface area contributed by atoms with Gasteiger partial charge in [0.2, 0.25) is 5.78 Å². The maximum absolute atomic E-state index is 12.4. The van der Waals surface area contributed by atoms with Gasteiger partial charge in [-0.15, -0.1) is 11.3 Å². The molecule has 2 aromatic rings. The highest BCUT2D eigenvalue weighted by atomic mass is 32.2. The second-order valence-electron chi connectivity index (χ2n) is 6.12. The zero-order chi connectivity index (χ0) is 19.8. The number of aryl methyl sites for hydroxylation is 2. The molecule has 0 saturated carbocycles. The average Bonchev–Trinajstić information content (AvgIpc) is 3.09. The first-order valence-electron chi connectivity index (χ1n) is 8.53. The maximum atomic E-state index is 12.4. The molecular formula is C20H23NO4S2. The van der Waals surface area contributed by atoms with E-state index in [1.165, 1.54) is 11.3 Å². The lowest BCUT2D eigenvalue weighted by atomic mass is 10.1. The van der Waals surface area contributed by atoms with Gasteiger partial charge in [-0.1, -0.05) is 17.7 Å². The molecule has 0 aliphatic rings. The predicted molar refractivity (Wildman–Crippen MR) is 110 cm³/mol. The summed E-state index contributed by atoms with van der Waals surface area (Å²) in [5.74, 6) is -0.477. The number of carbonyl (C=O) groups excluding carboxylic acids is 3. The van der Waals surface area contributed by atoms with E-state index >= 15 is 0 Å². The molecule has 5 nitrogen and oxygen atoms in total. The lowest BCUT2D eigenvalue weighted by Crippen LogP contribution is -2.42. The minimum Gasteiger partial charge on any atom is -0.456 e. The summed E-state index contributed by atoms with van der Waals surface area (Å²) in [7, 11) is 0. The summed E-state index contributed by atoms with van der Waals surface area (Å²) < 4.78 is 5.18. The molecule has 0 fully saturated rings. The van der Waals surface area contributed by atoms with E-state index in [9.17, 15) is 14.4 Å². The molecule has 0 aliphatic carbocycles. The number of benzene rings is 1. The maximum Gasteiger partial charge on any atom is 0.329 e. The SMILES string of the molecule is CSCC[C@H](NC(=O)c1cccc(C)c1)C(=O)OCC(=O)c1ccc(C)s1. The Labute approximate surface area is 167 Å². The lowest BCUT2D eigenvalue weighted by Gasteiger charge is -2.17. The molecule has 1 heterocycles. The van der Waals surface area contributed by atoms with Crippen molar-refractivity contribution >= 4 is 40.8 Å². The molecule has 27 heavy (non-hydrogen) atoms. The summed E-state index contributed by atoms with van der Waals surface area (Å²) in [6, 6.07) is 9.93. The molecule has 0 unspecified atom stereocenters. The van der Waals surface area contributed by atoms with Crippen LogP contribution in [0, 0.1) is 13.8 Å². The average molecular weight is 406 g/mol. The zero-order valence-corrected chi connectivity index (χ0v) is 17.2. The van der Waals surface area contributed by atoms with Crippen LogP contribution in [0.25, 0.3) is 0 Å². The van der Waals surface area contributed by atoms with Crippen LogP contribution < -0.4 is 5.32 Å². The topological polar surface area (TPSA) is 72.5 Å². The Balaban J connectivity index is 1.98. The van der Waals surface area contributed by atoms with Crippen molar-refractivity contribution in [3.8, 4) is 0 Å². The summed E-state index contributed by atoms with van der Waals surface area (Å²) >= 11 is 2.94. The van der Waals surface area contributed by atoms with Gasteiger partial charge in [0, 0.05) is 10.4 Å². The number of nitrogens with one attached hydrogen (secondary N) is 1. The number of carbonyl (C=O) groups is 3. The van der Waals surface area contributed by atoms with Gasteiger partial charge in [-0.2, -0.15) is 11.8 Å². The third-order valence-corrected chi connectivity index (χ3v) is 5.53. The van der Waals surface area contributed by atoms with Crippen molar-refractivity contribution in [2.75, 3.05) is 18.6 Å². The van der Waals surface area contributed by atoms with Crippen molar-refractivity contribution in [2.45, 2.75) is 26.3 Å². The van der Waals surface area contributed by atoms with E-state index in [2.05, 4.69) is 5.32 Å². The Kier molecular flexibility index (Phi) is 8.06. The van der Waals surface area contributed by atoms with Crippen LogP contribution in [0.3, 0.4) is 0 Å². The predicted octanol–water partition coefficient (Wildman–Crippen LogP) is 3.64. The Morgan fingerprint density at radius 3 is 2.59 bits per heavy atom. The van der Waals surface area contributed by atoms with Gasteiger partial charge in [-0.25, -0.2) is 4.79 Å². The number of hydrogen-bond acceptors (Lipinski definition) is 6. The van der Waals surface area contributed by atoms with Crippen molar-refractivity contribution in [3.63, 3.8) is 0 Å². The smallest absolute Gasteiger partial charge is 0.329 e. The zero-order valence-electron chi connectivity index (χ0n) is 15.6. The van der Waals surface area contributed by atoms with Gasteiger partial charge >= 0.3 is 5.97 Å². The number of ketones is 1. The molecule has 7 heteroatoms. The molecule has 1 amide bonds. The van der Waals surface area contributed by atoms with Crippen LogP contribution in [0.1, 0.15) is 36.9 Å². The van der Waals surface area contributed by atoms with Crippen molar-refractivity contribution in [2.24, 2.45) is 0 Å². The number of Topliss-reactive ketones (excluding diaryl/α,β-unsaturated/α-hetero) is 1. The third-order valence-electron chi connectivity index (χ3n) is 3.84. The summed E-state index contributed by atoms with van der Waals surface area (Å²) in [6.45, 7) is 3.48. The fraction of sp³-hybridized carbons (Fsp3) is 0.350. The summed E-state index contributed by atoms with van der Waals surface area (Å²) in [6.07, 6.45) is 2.36. The summed E-state index contributed by atoms with van der Waals surface area (Å²) in [5, 5.41) is 2.73. The molecule has 1 aromatic heterocycles. The molecule has 0 radical (unpaired) electrons. The Bertz CT molecular complexity index is 816. The van der Waals surface area contributed by atoms with Gasteiger partial charge in [-0.3, -0.25) is 9.59 Å². The first-order chi connectivity index (χ1) is 12.9. The van der Waals surface area contributed by atoms with Crippen LogP contribution in [-0.4, -0.2) is 42.3 Å². The van der Waals surface area contributed by atoms with Crippen molar-refractivity contribution in [1.29, 1.82) is 0 Å². The van der Waals surface area contributed by atoms with Gasteiger partial charge in [-0.05, 0) is 56.5 Å². The number of amides is 1. The van der Waals surface area contributed by atoms with Crippen LogP contribution in [-0.2, 0) is 9.53 Å². The minimum atomic E-state index is -0.789. The highest BCUT2D eigenvalue weighted by molar-refractivity contribution is 7.98. The number of rotatable bonds is 9. The molecule has 1 aromatic carbocycles. The second kappa shape index (κ2) is 10.3. The van der Waals surface area contributed by atoms with Crippen molar-refractivity contribution in [1.82, 2.24) is 5.32 Å². The van der Waals surface area contributed by atoms with Crippen LogP contribution >= 0.6 is 23.1 Å². The number of hydrogen-bond donors (Lipinski definition) is 1. The van der Waals surface area contributed by atoms with Crippen molar-refractivity contribution in [3.05, 3.63) is 57.3 Å². The quantitative estimate of drug-likeness (QED) is 0.509. The Hall–Kier alpha value is -2.12. The van der Waals surface area contributed by atoms with E-state index in [-0.39, 0.29) is 18.3 Å². The summed E-state index contributed by atoms with van der Waals surface area (Å²) in [4.78, 5) is 38.6. The molecule has 0 aliphatic heterocycles. The van der Waals surface area contributed by atoms with Crippen LogP contribution in [0.15, 0.2) is 36.4 Å². The molecule has 0 bridgehead atoms. The Morgan fingerprint density at radius 2 is 1.96 bits per heavy atom. The second-order valence-corrected chi connectivity index (χ2v) is 8.39. The van der Waals surface area contributed by atoms with Crippen LogP contribution in [0.5, 0.6) is 0 Å². The molecule has 144 valence electrons. The molecule has 1 N–H and O–H groups in total. The fourth-order valence-corrected chi connectivity index (χ4v) is 3.67. The van der Waals surface area contributed by atoms with E-state index in [1.807, 2.05) is 32.2 Å². The Morgan fingerprint density at radius 1 is 1.19 bits per heavy atom. The van der Waals surface area contributed by atoms with E-state index in [1.54, 1.807) is 36.0 Å². The van der Waals surface area contributed by atoms with Gasteiger partial charge < -0.3 is 10.1 Å². The minimum absolute atomic E-state index is 0.241. The van der Waals surface area contributed by atoms with Crippen LogP contribution in [0.4, 0.5) is 0 Å². The molecular weight excluding hydrogens is 382 g/mol. The van der Waals surface area contributed by atoms with Crippen LogP contribution in [0.2, 0.25) is 0 Å². The van der Waals surface area contributed by atoms with E-state index < -0.39 is 12.0 Å². The molecule has 2 rings (SSSR count). The number of esters is 1. The fourth-order valence-electron chi connectivity index (χ4n) is 2.41. The van der Waals surface area contributed by atoms with E-state index in [4.69, 9.17) is 4.74 Å². The first kappa shape index (κ1) is 21.2. The largest absolute Gasteiger partial charge is 0.456 e. The van der Waals surface area contributed by atoms with Crippen molar-refractivity contribution < 1.29 is 19.1 Å². The standard InChI is InChI=1S/C20H23NO4S2/c1-13-5-4-6-15(11-13)19(23)21-16(9-10-26-3)20(24)25-12-17(22)18-8-7-14(2)27-18/h4-8,11,16H,9-10,12H2,1-3H3,(H,21,23)/t16-/m0/s1. The molecule has 1 atom stereocenters. The lowest BCUT2D eigenvalue weighted by molar-refractivity contribution is -0.144. The van der Waals surface area contributed by atoms with E-state index in [0.717, 1.165) is 10.4 Å². The van der Waals surface area contributed by atoms with E-state index in [0.29, 0.717) is 22.6 Å². The van der Waals surface area contributed by atoms with Gasteiger partial charge in [0.25, 0.3) is 5.91 Å². The monoisotopic (exact) mass is 405 g/mol. The number of ether oxygens (including phenoxy) is 1. The van der Waals surface area contributed by atoms with Gasteiger partial charge in [0.15, 0.2) is 6.61 Å². The van der Waals surface area contributed by atoms with Gasteiger partial charge in [0.05, 0.1) is 4.88 Å². The molecule has 0 saturated heterocycles. The number of thiophene rings is 1.